The maximum Gasteiger partial charge on any atom is 0.260 e. The Labute approximate surface area is 215 Å². The number of aromatic nitrogens is 2. The number of para-hydroxylation sites is 1. The molecule has 0 aliphatic carbocycles. The second-order valence-electron chi connectivity index (χ2n) is 7.78. The van der Waals surface area contributed by atoms with Crippen LogP contribution in [0.25, 0.3) is 10.9 Å². The molecule has 1 amide bonds. The topological polar surface area (TPSA) is 122 Å². The van der Waals surface area contributed by atoms with E-state index in [2.05, 4.69) is 9.97 Å². The molecule has 12 heteroatoms. The van der Waals surface area contributed by atoms with Crippen LogP contribution in [0, 0.1) is 0 Å². The number of piperazine rings is 1. The summed E-state index contributed by atoms with van der Waals surface area (Å²) in [6.07, 6.45) is 0. The second-order valence-corrected chi connectivity index (χ2v) is 7.78. The maximum atomic E-state index is 12.8. The van der Waals surface area contributed by atoms with Gasteiger partial charge in [0.05, 0.1) is 34.0 Å². The van der Waals surface area contributed by atoms with Gasteiger partial charge in [-0.15, -0.1) is 12.4 Å². The van der Waals surface area contributed by atoms with Crippen molar-refractivity contribution in [1.82, 2.24) is 14.9 Å². The van der Waals surface area contributed by atoms with Gasteiger partial charge in [0.15, 0.2) is 29.6 Å². The zero-order chi connectivity index (χ0) is 24.9. The van der Waals surface area contributed by atoms with E-state index in [4.69, 9.17) is 29.4 Å². The minimum absolute atomic E-state index is 0. The summed E-state index contributed by atoms with van der Waals surface area (Å²) in [5, 5.41) is 0.684. The Kier molecular flexibility index (Phi) is 8.70. The number of benzene rings is 2. The van der Waals surface area contributed by atoms with Gasteiger partial charge < -0.3 is 39.2 Å². The SMILES string of the molecule is COc1cc2nc(N3CCN(C(=O)COc4c(OC)cccc4OC)CC3)nc(N)c2cc1OC.Cl. The molecule has 0 atom stereocenters. The number of carbonyl (C=O) groups excluding carboxylic acids is 1. The lowest BCUT2D eigenvalue weighted by Crippen LogP contribution is -2.50. The van der Waals surface area contributed by atoms with E-state index in [1.807, 2.05) is 4.90 Å². The number of nitrogens with zero attached hydrogens (tertiary/aromatic N) is 4. The van der Waals surface area contributed by atoms with Crippen molar-refractivity contribution in [1.29, 1.82) is 0 Å². The van der Waals surface area contributed by atoms with Gasteiger partial charge in [-0.1, -0.05) is 6.07 Å². The number of rotatable bonds is 8. The molecule has 11 nitrogen and oxygen atoms in total. The van der Waals surface area contributed by atoms with Gasteiger partial charge in [-0.3, -0.25) is 4.79 Å². The Morgan fingerprint density at radius 2 is 1.47 bits per heavy atom. The third kappa shape index (κ3) is 5.35. The summed E-state index contributed by atoms with van der Waals surface area (Å²) in [6, 6.07) is 8.84. The number of amides is 1. The van der Waals surface area contributed by atoms with Crippen molar-refractivity contribution < 1.29 is 28.5 Å². The maximum absolute atomic E-state index is 12.8. The summed E-state index contributed by atoms with van der Waals surface area (Å²) >= 11 is 0. The van der Waals surface area contributed by atoms with E-state index >= 15 is 0 Å². The molecule has 194 valence electrons. The molecule has 3 aromatic rings. The van der Waals surface area contributed by atoms with Crippen molar-refractivity contribution in [2.45, 2.75) is 0 Å². The molecule has 0 spiro atoms. The van der Waals surface area contributed by atoms with Gasteiger partial charge in [0.2, 0.25) is 11.7 Å². The van der Waals surface area contributed by atoms with Crippen LogP contribution in [-0.4, -0.2) is 82.0 Å². The summed E-state index contributed by atoms with van der Waals surface area (Å²) in [6.45, 7) is 1.98. The smallest absolute Gasteiger partial charge is 0.260 e. The lowest BCUT2D eigenvalue weighted by atomic mass is 10.2. The van der Waals surface area contributed by atoms with Gasteiger partial charge in [0.1, 0.15) is 5.82 Å². The van der Waals surface area contributed by atoms with E-state index in [9.17, 15) is 4.79 Å². The molecule has 2 aromatic carbocycles. The third-order valence-corrected chi connectivity index (χ3v) is 5.86. The summed E-state index contributed by atoms with van der Waals surface area (Å²) in [5.41, 5.74) is 6.88. The molecule has 0 saturated carbocycles. The highest BCUT2D eigenvalue weighted by molar-refractivity contribution is 5.91. The predicted molar refractivity (Wildman–Crippen MR) is 138 cm³/mol. The van der Waals surface area contributed by atoms with Crippen LogP contribution in [0.15, 0.2) is 30.3 Å². The van der Waals surface area contributed by atoms with Gasteiger partial charge in [0.25, 0.3) is 5.91 Å². The summed E-state index contributed by atoms with van der Waals surface area (Å²) in [4.78, 5) is 25.7. The first kappa shape index (κ1) is 26.7. The van der Waals surface area contributed by atoms with Crippen LogP contribution in [0.2, 0.25) is 0 Å². The van der Waals surface area contributed by atoms with Crippen molar-refractivity contribution in [3.63, 3.8) is 0 Å². The summed E-state index contributed by atoms with van der Waals surface area (Å²) in [5.74, 6) is 3.25. The third-order valence-electron chi connectivity index (χ3n) is 5.86. The van der Waals surface area contributed by atoms with Crippen molar-refractivity contribution in [2.24, 2.45) is 0 Å². The average molecular weight is 520 g/mol. The minimum Gasteiger partial charge on any atom is -0.493 e. The summed E-state index contributed by atoms with van der Waals surface area (Å²) in [7, 11) is 6.21. The second kappa shape index (κ2) is 11.7. The van der Waals surface area contributed by atoms with E-state index < -0.39 is 0 Å². The molecule has 1 aliphatic rings. The molecule has 0 unspecified atom stereocenters. The largest absolute Gasteiger partial charge is 0.493 e. The van der Waals surface area contributed by atoms with E-state index in [0.29, 0.717) is 77.6 Å². The zero-order valence-electron chi connectivity index (χ0n) is 20.6. The summed E-state index contributed by atoms with van der Waals surface area (Å²) < 4.78 is 27.1. The van der Waals surface area contributed by atoms with Crippen LogP contribution in [-0.2, 0) is 4.79 Å². The van der Waals surface area contributed by atoms with Gasteiger partial charge in [-0.05, 0) is 18.2 Å². The fourth-order valence-electron chi connectivity index (χ4n) is 3.95. The highest BCUT2D eigenvalue weighted by Gasteiger charge is 2.25. The number of carbonyl (C=O) groups is 1. The Balaban J connectivity index is 0.00000361. The number of nitrogens with two attached hydrogens (primary N) is 1. The number of methoxy groups -OCH3 is 4. The monoisotopic (exact) mass is 519 g/mol. The van der Waals surface area contributed by atoms with E-state index in [-0.39, 0.29) is 24.9 Å². The van der Waals surface area contributed by atoms with Crippen LogP contribution >= 0.6 is 12.4 Å². The lowest BCUT2D eigenvalue weighted by Gasteiger charge is -2.34. The Morgan fingerprint density at radius 1 is 0.889 bits per heavy atom. The Hall–Kier alpha value is -3.86. The number of anilines is 2. The first-order valence-corrected chi connectivity index (χ1v) is 11.0. The van der Waals surface area contributed by atoms with Gasteiger partial charge in [-0.25, -0.2) is 4.98 Å². The van der Waals surface area contributed by atoms with Crippen LogP contribution in [0.4, 0.5) is 11.8 Å². The van der Waals surface area contributed by atoms with E-state index in [1.54, 1.807) is 49.5 Å². The molecular weight excluding hydrogens is 490 g/mol. The van der Waals surface area contributed by atoms with Gasteiger partial charge in [0, 0.05) is 37.6 Å². The normalized spacial score (nSPS) is 13.1. The molecule has 1 fully saturated rings. The Bertz CT molecular complexity index is 1200. The standard InChI is InChI=1S/C24H29N5O6.ClH/c1-31-17-6-5-7-18(32-2)22(17)35-14-21(30)28-8-10-29(11-9-28)24-26-16-13-20(34-4)19(33-3)12-15(16)23(25)27-24;/h5-7,12-13H,8-11,14H2,1-4H3,(H2,25,26,27);1H. The molecular formula is C24H30ClN5O6. The molecule has 4 rings (SSSR count). The molecule has 36 heavy (non-hydrogen) atoms. The minimum atomic E-state index is -0.131. The first-order valence-electron chi connectivity index (χ1n) is 11.0. The van der Waals surface area contributed by atoms with Crippen molar-refractivity contribution in [3.8, 4) is 28.7 Å². The van der Waals surface area contributed by atoms with Crippen molar-refractivity contribution in [2.75, 3.05) is 71.9 Å². The average Bonchev–Trinajstić information content (AvgIpc) is 2.90. The van der Waals surface area contributed by atoms with E-state index in [0.717, 1.165) is 0 Å². The fourth-order valence-corrected chi connectivity index (χ4v) is 3.95. The van der Waals surface area contributed by atoms with Gasteiger partial charge >= 0.3 is 0 Å². The number of halogens is 1. The fraction of sp³-hybridized carbons (Fsp3) is 0.375. The number of fused-ring (bicyclic) bond motifs is 1. The quantitative estimate of drug-likeness (QED) is 0.474. The first-order chi connectivity index (χ1) is 17.0. The number of nitrogen functional groups attached to an aromatic ring is 1. The van der Waals surface area contributed by atoms with Crippen LogP contribution in [0.5, 0.6) is 28.7 Å². The lowest BCUT2D eigenvalue weighted by molar-refractivity contribution is -0.133. The molecule has 2 N–H and O–H groups in total. The molecule has 2 heterocycles. The molecule has 0 radical (unpaired) electrons. The predicted octanol–water partition coefficient (Wildman–Crippen LogP) is 2.40. The molecule has 1 aromatic heterocycles. The van der Waals surface area contributed by atoms with E-state index in [1.165, 1.54) is 14.2 Å². The highest BCUT2D eigenvalue weighted by atomic mass is 35.5. The van der Waals surface area contributed by atoms with Crippen LogP contribution in [0.3, 0.4) is 0 Å². The molecule has 1 saturated heterocycles. The van der Waals surface area contributed by atoms with Crippen molar-refractivity contribution >= 4 is 41.0 Å². The molecule has 1 aliphatic heterocycles. The van der Waals surface area contributed by atoms with Crippen LogP contribution in [0.1, 0.15) is 0 Å². The number of hydrogen-bond acceptors (Lipinski definition) is 10. The van der Waals surface area contributed by atoms with Crippen molar-refractivity contribution in [3.05, 3.63) is 30.3 Å². The van der Waals surface area contributed by atoms with Gasteiger partial charge in [-0.2, -0.15) is 4.98 Å². The number of ether oxygens (including phenoxy) is 5. The van der Waals surface area contributed by atoms with Crippen LogP contribution < -0.4 is 34.3 Å². The zero-order valence-corrected chi connectivity index (χ0v) is 21.5. The Morgan fingerprint density at radius 3 is 2.06 bits per heavy atom. The highest BCUT2D eigenvalue weighted by Crippen LogP contribution is 2.37. The number of hydrogen-bond donors (Lipinski definition) is 1. The molecule has 0 bridgehead atoms.